The van der Waals surface area contributed by atoms with Gasteiger partial charge in [0, 0.05) is 6.04 Å². The first kappa shape index (κ1) is 6.65. The van der Waals surface area contributed by atoms with E-state index >= 15 is 0 Å². The van der Waals surface area contributed by atoms with Crippen LogP contribution in [-0.2, 0) is 21.1 Å². The third-order valence-electron chi connectivity index (χ3n) is 1.15. The molecule has 1 saturated carbocycles. The Hall–Kier alpha value is 0.648. The van der Waals surface area contributed by atoms with Crippen LogP contribution in [0.3, 0.4) is 0 Å². The number of nitrogens with two attached hydrogens (primary N) is 1. The van der Waals surface area contributed by atoms with Crippen molar-refractivity contribution in [3.63, 3.8) is 0 Å². The molecule has 0 aromatic carbocycles. The van der Waals surface area contributed by atoms with Crippen LogP contribution in [0.4, 0.5) is 0 Å². The molecule has 1 rings (SSSR count). The van der Waals surface area contributed by atoms with Crippen LogP contribution in [-0.4, -0.2) is 6.04 Å². The van der Waals surface area contributed by atoms with Crippen molar-refractivity contribution in [1.82, 2.24) is 0 Å². The van der Waals surface area contributed by atoms with Crippen LogP contribution in [0.2, 0.25) is 0 Å². The van der Waals surface area contributed by atoms with Gasteiger partial charge in [0.2, 0.25) is 0 Å². The number of hydrogen-bond acceptors (Lipinski definition) is 1. The fourth-order valence-corrected chi connectivity index (χ4v) is 0.440. The molecule has 2 heteroatoms. The maximum Gasteiger partial charge on any atom is 2.00 e. The van der Waals surface area contributed by atoms with Crippen molar-refractivity contribution in [1.29, 1.82) is 0 Å². The van der Waals surface area contributed by atoms with Crippen molar-refractivity contribution in [2.45, 2.75) is 25.3 Å². The van der Waals surface area contributed by atoms with Crippen LogP contribution in [0.1, 0.15) is 19.3 Å². The largest absolute Gasteiger partial charge is 2.00 e. The third-order valence-corrected chi connectivity index (χ3v) is 1.15. The summed E-state index contributed by atoms with van der Waals surface area (Å²) < 4.78 is 0. The van der Waals surface area contributed by atoms with Gasteiger partial charge in [0.05, 0.1) is 0 Å². The van der Waals surface area contributed by atoms with Crippen LogP contribution in [0.5, 0.6) is 0 Å². The average Bonchev–Trinajstić information content (AvgIpc) is 1.30. The molecule has 2 N–H and O–H groups in total. The summed E-state index contributed by atoms with van der Waals surface area (Å²) >= 11 is 0. The SMILES string of the molecule is NC1CCC1.[Pt+2]. The second-order valence-corrected chi connectivity index (χ2v) is 1.69. The monoisotopic (exact) mass is 266 g/mol. The van der Waals surface area contributed by atoms with E-state index in [2.05, 4.69) is 0 Å². The van der Waals surface area contributed by atoms with Crippen molar-refractivity contribution < 1.29 is 21.1 Å². The normalized spacial score (nSPS) is 21.5. The molecule has 0 atom stereocenters. The second kappa shape index (κ2) is 2.76. The Bertz CT molecular complexity index is 34.5. The Kier molecular flexibility index (Phi) is 3.06. The molecule has 0 unspecified atom stereocenters. The first-order valence-electron chi connectivity index (χ1n) is 2.15. The average molecular weight is 266 g/mol. The summed E-state index contributed by atoms with van der Waals surface area (Å²) in [7, 11) is 0. The Balaban J connectivity index is 0.000000250. The molecule has 1 nitrogen and oxygen atoms in total. The minimum atomic E-state index is 0. The minimum absolute atomic E-state index is 0. The molecule has 0 bridgehead atoms. The maximum absolute atomic E-state index is 5.38. The molecular formula is C4H9NPt+2. The zero-order valence-corrected chi connectivity index (χ0v) is 5.86. The summed E-state index contributed by atoms with van der Waals surface area (Å²) in [5, 5.41) is 0. The smallest absolute Gasteiger partial charge is 0.328 e. The van der Waals surface area contributed by atoms with E-state index in [1.807, 2.05) is 0 Å². The topological polar surface area (TPSA) is 26.0 Å². The van der Waals surface area contributed by atoms with Gasteiger partial charge in [-0.1, -0.05) is 6.42 Å². The molecule has 0 aromatic rings. The Morgan fingerprint density at radius 3 is 1.67 bits per heavy atom. The van der Waals surface area contributed by atoms with Gasteiger partial charge >= 0.3 is 21.1 Å². The molecule has 6 heavy (non-hydrogen) atoms. The molecule has 0 spiro atoms. The zero-order valence-electron chi connectivity index (χ0n) is 3.59. The molecule has 0 radical (unpaired) electrons. The summed E-state index contributed by atoms with van der Waals surface area (Å²) in [5.74, 6) is 0. The Labute approximate surface area is 52.6 Å². The van der Waals surface area contributed by atoms with Crippen LogP contribution in [0, 0.1) is 0 Å². The summed E-state index contributed by atoms with van der Waals surface area (Å²) in [6.45, 7) is 0. The van der Waals surface area contributed by atoms with Crippen molar-refractivity contribution in [2.75, 3.05) is 0 Å². The van der Waals surface area contributed by atoms with Crippen molar-refractivity contribution in [3.05, 3.63) is 0 Å². The van der Waals surface area contributed by atoms with Gasteiger partial charge in [-0.2, -0.15) is 0 Å². The second-order valence-electron chi connectivity index (χ2n) is 1.69. The van der Waals surface area contributed by atoms with Crippen molar-refractivity contribution in [2.24, 2.45) is 5.73 Å². The van der Waals surface area contributed by atoms with E-state index < -0.39 is 0 Å². The Morgan fingerprint density at radius 2 is 1.67 bits per heavy atom. The fourth-order valence-electron chi connectivity index (χ4n) is 0.440. The summed E-state index contributed by atoms with van der Waals surface area (Å²) in [4.78, 5) is 0. The molecule has 1 fully saturated rings. The predicted molar refractivity (Wildman–Crippen MR) is 21.8 cm³/mol. The van der Waals surface area contributed by atoms with Gasteiger partial charge in [0.1, 0.15) is 0 Å². The van der Waals surface area contributed by atoms with Gasteiger partial charge in [-0.25, -0.2) is 0 Å². The van der Waals surface area contributed by atoms with Gasteiger partial charge in [-0.15, -0.1) is 0 Å². The molecule has 1 aliphatic carbocycles. The number of hydrogen-bond donors (Lipinski definition) is 1. The summed E-state index contributed by atoms with van der Waals surface area (Å²) in [6, 6.07) is 0.565. The number of rotatable bonds is 0. The van der Waals surface area contributed by atoms with Crippen molar-refractivity contribution in [3.8, 4) is 0 Å². The summed E-state index contributed by atoms with van der Waals surface area (Å²) in [6.07, 6.45) is 3.89. The van der Waals surface area contributed by atoms with Crippen LogP contribution in [0.25, 0.3) is 0 Å². The van der Waals surface area contributed by atoms with Crippen LogP contribution < -0.4 is 5.73 Å². The third kappa shape index (κ3) is 1.40. The predicted octanol–water partition coefficient (Wildman–Crippen LogP) is 0.495. The van der Waals surface area contributed by atoms with Gasteiger partial charge < -0.3 is 5.73 Å². The molecule has 0 amide bonds. The van der Waals surface area contributed by atoms with Gasteiger partial charge in [0.15, 0.2) is 0 Å². The van der Waals surface area contributed by atoms with Gasteiger partial charge in [0.25, 0.3) is 0 Å². The van der Waals surface area contributed by atoms with Crippen LogP contribution in [0.15, 0.2) is 0 Å². The standard InChI is InChI=1S/C4H9N.Pt/c5-4-2-1-3-4;/h4H,1-3,5H2;/q;+2. The first-order valence-corrected chi connectivity index (χ1v) is 2.15. The van der Waals surface area contributed by atoms with Crippen LogP contribution >= 0.6 is 0 Å². The van der Waals surface area contributed by atoms with Crippen molar-refractivity contribution >= 4 is 0 Å². The van der Waals surface area contributed by atoms with E-state index in [1.54, 1.807) is 0 Å². The molecule has 0 aromatic heterocycles. The zero-order chi connectivity index (χ0) is 3.70. The van der Waals surface area contributed by atoms with Gasteiger partial charge in [-0.05, 0) is 12.8 Å². The molecule has 0 saturated heterocycles. The summed E-state index contributed by atoms with van der Waals surface area (Å²) in [5.41, 5.74) is 5.38. The molecule has 38 valence electrons. The molecule has 0 aliphatic heterocycles. The molecular weight excluding hydrogens is 257 g/mol. The maximum atomic E-state index is 5.38. The van der Waals surface area contributed by atoms with E-state index in [9.17, 15) is 0 Å². The Morgan fingerprint density at radius 1 is 1.33 bits per heavy atom. The molecule has 0 heterocycles. The van der Waals surface area contributed by atoms with E-state index in [-0.39, 0.29) is 21.1 Å². The van der Waals surface area contributed by atoms with Gasteiger partial charge in [-0.3, -0.25) is 0 Å². The van der Waals surface area contributed by atoms with E-state index in [0.29, 0.717) is 6.04 Å². The van der Waals surface area contributed by atoms with E-state index in [0.717, 1.165) is 0 Å². The molecule has 1 aliphatic rings. The van der Waals surface area contributed by atoms with E-state index in [4.69, 9.17) is 5.73 Å². The minimum Gasteiger partial charge on any atom is -0.328 e. The van der Waals surface area contributed by atoms with E-state index in [1.165, 1.54) is 19.3 Å². The fraction of sp³-hybridized carbons (Fsp3) is 1.00. The first-order chi connectivity index (χ1) is 2.39. The quantitative estimate of drug-likeness (QED) is 0.678.